The van der Waals surface area contributed by atoms with Gasteiger partial charge in [-0.25, -0.2) is 0 Å². The van der Waals surface area contributed by atoms with Crippen LogP contribution in [0, 0.1) is 0 Å². The number of nitrogens with one attached hydrogen (secondary N) is 2. The Kier molecular flexibility index (Phi) is 3.03. The van der Waals surface area contributed by atoms with Crippen LogP contribution < -0.4 is 10.6 Å². The van der Waals surface area contributed by atoms with E-state index in [1.165, 1.54) is 0 Å². The van der Waals surface area contributed by atoms with Crippen LogP contribution in [0.15, 0.2) is 0 Å². The maximum Gasteiger partial charge on any atom is 0.249 e. The Bertz CT molecular complexity index is 214. The van der Waals surface area contributed by atoms with Gasteiger partial charge in [-0.05, 0) is 32.7 Å². The van der Waals surface area contributed by atoms with Crippen molar-refractivity contribution in [1.29, 1.82) is 0 Å². The van der Waals surface area contributed by atoms with Crippen molar-refractivity contribution >= 4 is 5.91 Å². The molecule has 2 aliphatic rings. The van der Waals surface area contributed by atoms with Gasteiger partial charge in [0.1, 0.15) is 6.10 Å². The van der Waals surface area contributed by atoms with Crippen molar-refractivity contribution in [3.8, 4) is 0 Å². The lowest BCUT2D eigenvalue weighted by molar-refractivity contribution is -0.130. The van der Waals surface area contributed by atoms with Gasteiger partial charge in [0.2, 0.25) is 5.91 Å². The van der Waals surface area contributed by atoms with Crippen LogP contribution in [0.3, 0.4) is 0 Å². The van der Waals surface area contributed by atoms with E-state index < -0.39 is 0 Å². The highest BCUT2D eigenvalue weighted by Gasteiger charge is 2.29. The zero-order valence-corrected chi connectivity index (χ0v) is 8.58. The van der Waals surface area contributed by atoms with Gasteiger partial charge >= 0.3 is 0 Å². The first-order valence-electron chi connectivity index (χ1n) is 5.43. The Morgan fingerprint density at radius 2 is 2.36 bits per heavy atom. The fourth-order valence-electron chi connectivity index (χ4n) is 2.12. The zero-order chi connectivity index (χ0) is 9.97. The molecule has 0 aliphatic carbocycles. The summed E-state index contributed by atoms with van der Waals surface area (Å²) in [5.74, 6) is 0.0723. The van der Waals surface area contributed by atoms with Crippen molar-refractivity contribution < 1.29 is 9.53 Å². The molecule has 2 rings (SSSR count). The summed E-state index contributed by atoms with van der Waals surface area (Å²) in [6.45, 7) is 3.83. The first-order valence-corrected chi connectivity index (χ1v) is 5.43. The molecule has 4 heteroatoms. The van der Waals surface area contributed by atoms with Gasteiger partial charge in [0, 0.05) is 18.7 Å². The van der Waals surface area contributed by atoms with Crippen LogP contribution >= 0.6 is 0 Å². The Morgan fingerprint density at radius 3 is 2.93 bits per heavy atom. The Morgan fingerprint density at radius 1 is 1.50 bits per heavy atom. The highest BCUT2D eigenvalue weighted by molar-refractivity contribution is 5.81. The molecule has 2 heterocycles. The van der Waals surface area contributed by atoms with Crippen molar-refractivity contribution in [2.75, 3.05) is 13.2 Å². The summed E-state index contributed by atoms with van der Waals surface area (Å²) in [4.78, 5) is 11.7. The lowest BCUT2D eigenvalue weighted by atomic mass is 10.1. The van der Waals surface area contributed by atoms with Gasteiger partial charge in [-0.3, -0.25) is 4.79 Å². The van der Waals surface area contributed by atoms with Crippen molar-refractivity contribution in [2.24, 2.45) is 0 Å². The second kappa shape index (κ2) is 4.28. The molecule has 14 heavy (non-hydrogen) atoms. The van der Waals surface area contributed by atoms with Crippen molar-refractivity contribution in [2.45, 2.75) is 44.4 Å². The molecular weight excluding hydrogens is 180 g/mol. The number of ether oxygens (including phenoxy) is 1. The summed E-state index contributed by atoms with van der Waals surface area (Å²) < 4.78 is 5.33. The summed E-state index contributed by atoms with van der Waals surface area (Å²) in [6.07, 6.45) is 2.72. The SMILES string of the molecule is CC1NCCC1NC(=O)C1CCCO1. The predicted octanol–water partition coefficient (Wildman–Crippen LogP) is 0.0320. The lowest BCUT2D eigenvalue weighted by Crippen LogP contribution is -2.45. The van der Waals surface area contributed by atoms with E-state index in [2.05, 4.69) is 17.6 Å². The smallest absolute Gasteiger partial charge is 0.249 e. The molecule has 0 saturated carbocycles. The number of rotatable bonds is 2. The van der Waals surface area contributed by atoms with Crippen LogP contribution in [0.2, 0.25) is 0 Å². The molecule has 0 bridgehead atoms. The second-order valence-corrected chi connectivity index (χ2v) is 4.15. The monoisotopic (exact) mass is 198 g/mol. The number of carbonyl (C=O) groups excluding carboxylic acids is 1. The van der Waals surface area contributed by atoms with Gasteiger partial charge in [0.05, 0.1) is 0 Å². The molecule has 1 amide bonds. The maximum atomic E-state index is 11.7. The van der Waals surface area contributed by atoms with Crippen molar-refractivity contribution in [1.82, 2.24) is 10.6 Å². The largest absolute Gasteiger partial charge is 0.368 e. The average molecular weight is 198 g/mol. The fraction of sp³-hybridized carbons (Fsp3) is 0.900. The molecule has 0 aromatic heterocycles. The zero-order valence-electron chi connectivity index (χ0n) is 8.58. The summed E-state index contributed by atoms with van der Waals surface area (Å²) in [6, 6.07) is 0.673. The van der Waals surface area contributed by atoms with Gasteiger partial charge in [-0.15, -0.1) is 0 Å². The van der Waals surface area contributed by atoms with Crippen molar-refractivity contribution in [3.63, 3.8) is 0 Å². The standard InChI is InChI=1S/C10H18N2O2/c1-7-8(4-5-11-7)12-10(13)9-3-2-6-14-9/h7-9,11H,2-6H2,1H3,(H,12,13). The van der Waals surface area contributed by atoms with E-state index in [-0.39, 0.29) is 18.1 Å². The lowest BCUT2D eigenvalue weighted by Gasteiger charge is -2.19. The second-order valence-electron chi connectivity index (χ2n) is 4.15. The molecule has 4 nitrogen and oxygen atoms in total. The normalized spacial score (nSPS) is 37.4. The summed E-state index contributed by atoms with van der Waals surface area (Å²) in [7, 11) is 0. The first kappa shape index (κ1) is 9.93. The highest BCUT2D eigenvalue weighted by Crippen LogP contribution is 2.13. The fourth-order valence-corrected chi connectivity index (χ4v) is 2.12. The van der Waals surface area contributed by atoms with Crippen LogP contribution in [0.25, 0.3) is 0 Å². The molecular formula is C10H18N2O2. The van der Waals surface area contributed by atoms with E-state index in [4.69, 9.17) is 4.74 Å². The molecule has 0 radical (unpaired) electrons. The molecule has 3 unspecified atom stereocenters. The molecule has 80 valence electrons. The van der Waals surface area contributed by atoms with E-state index >= 15 is 0 Å². The first-order chi connectivity index (χ1) is 6.77. The third kappa shape index (κ3) is 2.07. The molecule has 2 fully saturated rings. The number of amides is 1. The quantitative estimate of drug-likeness (QED) is 0.658. The molecule has 0 spiro atoms. The average Bonchev–Trinajstić information content (AvgIpc) is 2.77. The van der Waals surface area contributed by atoms with Gasteiger partial charge in [0.15, 0.2) is 0 Å². The minimum Gasteiger partial charge on any atom is -0.368 e. The van der Waals surface area contributed by atoms with E-state index in [1.54, 1.807) is 0 Å². The molecule has 2 saturated heterocycles. The van der Waals surface area contributed by atoms with E-state index in [1.807, 2.05) is 0 Å². The maximum absolute atomic E-state index is 11.7. The molecule has 0 aromatic rings. The van der Waals surface area contributed by atoms with Gasteiger partial charge in [-0.2, -0.15) is 0 Å². The van der Waals surface area contributed by atoms with Crippen LogP contribution in [0.1, 0.15) is 26.2 Å². The summed E-state index contributed by atoms with van der Waals surface area (Å²) in [5, 5.41) is 6.35. The van der Waals surface area contributed by atoms with Crippen LogP contribution in [0.4, 0.5) is 0 Å². The molecule has 3 atom stereocenters. The Balaban J connectivity index is 1.81. The molecule has 2 N–H and O–H groups in total. The molecule has 0 aromatic carbocycles. The van der Waals surface area contributed by atoms with E-state index in [0.29, 0.717) is 6.04 Å². The third-order valence-electron chi connectivity index (χ3n) is 3.07. The Hall–Kier alpha value is -0.610. The van der Waals surface area contributed by atoms with Gasteiger partial charge in [-0.1, -0.05) is 0 Å². The number of hydrogen-bond acceptors (Lipinski definition) is 3. The third-order valence-corrected chi connectivity index (χ3v) is 3.07. The van der Waals surface area contributed by atoms with Crippen LogP contribution in [-0.2, 0) is 9.53 Å². The number of carbonyl (C=O) groups is 1. The Labute approximate surface area is 84.4 Å². The van der Waals surface area contributed by atoms with E-state index in [9.17, 15) is 4.79 Å². The van der Waals surface area contributed by atoms with Crippen LogP contribution in [-0.4, -0.2) is 37.2 Å². The van der Waals surface area contributed by atoms with Gasteiger partial charge < -0.3 is 15.4 Å². The summed E-state index contributed by atoms with van der Waals surface area (Å²) >= 11 is 0. The highest BCUT2D eigenvalue weighted by atomic mass is 16.5. The number of hydrogen-bond donors (Lipinski definition) is 2. The van der Waals surface area contributed by atoms with E-state index in [0.717, 1.165) is 32.4 Å². The summed E-state index contributed by atoms with van der Waals surface area (Å²) in [5.41, 5.74) is 0. The minimum absolute atomic E-state index is 0.0723. The van der Waals surface area contributed by atoms with Crippen molar-refractivity contribution in [3.05, 3.63) is 0 Å². The predicted molar refractivity (Wildman–Crippen MR) is 53.0 cm³/mol. The topological polar surface area (TPSA) is 50.4 Å². The minimum atomic E-state index is -0.192. The van der Waals surface area contributed by atoms with Crippen LogP contribution in [0.5, 0.6) is 0 Å². The van der Waals surface area contributed by atoms with Gasteiger partial charge in [0.25, 0.3) is 0 Å². The molecule has 2 aliphatic heterocycles.